The third-order valence-corrected chi connectivity index (χ3v) is 5.95. The summed E-state index contributed by atoms with van der Waals surface area (Å²) in [6.45, 7) is 6.19. The molecule has 3 rings (SSSR count). The van der Waals surface area contributed by atoms with Crippen LogP contribution in [0.2, 0.25) is 0 Å². The van der Waals surface area contributed by atoms with Crippen LogP contribution in [0.1, 0.15) is 68.4 Å². The molecule has 2 aromatic rings. The second-order valence-electron chi connectivity index (χ2n) is 8.67. The van der Waals surface area contributed by atoms with Crippen LogP contribution >= 0.6 is 0 Å². The Morgan fingerprint density at radius 2 is 1.78 bits per heavy atom. The molecule has 1 aliphatic rings. The van der Waals surface area contributed by atoms with Gasteiger partial charge in [0, 0.05) is 37.1 Å². The van der Waals surface area contributed by atoms with Crippen molar-refractivity contribution in [1.82, 2.24) is 14.4 Å². The van der Waals surface area contributed by atoms with Crippen LogP contribution in [-0.4, -0.2) is 51.9 Å². The predicted octanol–water partition coefficient (Wildman–Crippen LogP) is 4.64. The van der Waals surface area contributed by atoms with E-state index >= 15 is 0 Å². The molecule has 1 aromatic heterocycles. The molecule has 0 N–H and O–H groups in total. The standard InChI is InChI=1S/C26H37N3O3/c1-4-6-17-28(26(31)21-10-14-24(15-11-21)32-18-7-5-2)20-25(30)29(22-12-13-22)19-23-9-8-16-27(23)3/h8-11,14-16,22H,4-7,12-13,17-20H2,1-3H3. The van der Waals surface area contributed by atoms with Gasteiger partial charge in [0.15, 0.2) is 0 Å². The zero-order valence-electron chi connectivity index (χ0n) is 19.8. The molecule has 1 saturated carbocycles. The van der Waals surface area contributed by atoms with Gasteiger partial charge in [0.2, 0.25) is 5.91 Å². The number of nitrogens with zero attached hydrogens (tertiary/aromatic N) is 3. The first-order valence-electron chi connectivity index (χ1n) is 11.9. The maximum absolute atomic E-state index is 13.3. The minimum absolute atomic E-state index is 0.0256. The monoisotopic (exact) mass is 439 g/mol. The topological polar surface area (TPSA) is 54.8 Å². The van der Waals surface area contributed by atoms with Crippen molar-refractivity contribution in [2.45, 2.75) is 65.0 Å². The van der Waals surface area contributed by atoms with Crippen LogP contribution in [-0.2, 0) is 18.4 Å². The maximum Gasteiger partial charge on any atom is 0.254 e. The molecule has 1 aromatic carbocycles. The summed E-state index contributed by atoms with van der Waals surface area (Å²) in [6, 6.07) is 11.6. The molecule has 1 fully saturated rings. The van der Waals surface area contributed by atoms with Gasteiger partial charge in [-0.1, -0.05) is 26.7 Å². The van der Waals surface area contributed by atoms with Crippen LogP contribution in [0.4, 0.5) is 0 Å². The average molecular weight is 440 g/mol. The third kappa shape index (κ3) is 6.62. The van der Waals surface area contributed by atoms with Gasteiger partial charge in [-0.05, 0) is 62.1 Å². The first-order chi connectivity index (χ1) is 15.5. The smallest absolute Gasteiger partial charge is 0.254 e. The molecule has 2 amide bonds. The molecule has 0 unspecified atom stereocenters. The Labute approximate surface area is 192 Å². The second-order valence-corrected chi connectivity index (χ2v) is 8.67. The summed E-state index contributed by atoms with van der Waals surface area (Å²) in [5.41, 5.74) is 1.70. The number of benzene rings is 1. The Balaban J connectivity index is 1.67. The van der Waals surface area contributed by atoms with Crippen molar-refractivity contribution in [1.29, 1.82) is 0 Å². The predicted molar refractivity (Wildman–Crippen MR) is 127 cm³/mol. The molecular weight excluding hydrogens is 402 g/mol. The van der Waals surface area contributed by atoms with Crippen molar-refractivity contribution >= 4 is 11.8 Å². The SMILES string of the molecule is CCCCOc1ccc(C(=O)N(CCCC)CC(=O)N(Cc2cccn2C)C2CC2)cc1. The average Bonchev–Trinajstić information content (AvgIpc) is 3.56. The zero-order valence-corrected chi connectivity index (χ0v) is 19.8. The number of amides is 2. The van der Waals surface area contributed by atoms with E-state index in [0.717, 1.165) is 50.0 Å². The highest BCUT2D eigenvalue weighted by Gasteiger charge is 2.34. The van der Waals surface area contributed by atoms with Crippen molar-refractivity contribution in [3.05, 3.63) is 53.9 Å². The van der Waals surface area contributed by atoms with Crippen molar-refractivity contribution < 1.29 is 14.3 Å². The van der Waals surface area contributed by atoms with Crippen molar-refractivity contribution in [2.24, 2.45) is 7.05 Å². The molecule has 0 spiro atoms. The first-order valence-corrected chi connectivity index (χ1v) is 11.9. The van der Waals surface area contributed by atoms with Gasteiger partial charge in [0.1, 0.15) is 12.3 Å². The minimum Gasteiger partial charge on any atom is -0.494 e. The lowest BCUT2D eigenvalue weighted by atomic mass is 10.1. The number of ether oxygens (including phenoxy) is 1. The number of rotatable bonds is 13. The van der Waals surface area contributed by atoms with Gasteiger partial charge in [-0.15, -0.1) is 0 Å². The summed E-state index contributed by atoms with van der Waals surface area (Å²) in [7, 11) is 2.00. The van der Waals surface area contributed by atoms with E-state index in [4.69, 9.17) is 4.74 Å². The van der Waals surface area contributed by atoms with Crippen LogP contribution < -0.4 is 4.74 Å². The van der Waals surface area contributed by atoms with Gasteiger partial charge in [0.25, 0.3) is 5.91 Å². The van der Waals surface area contributed by atoms with Crippen LogP contribution in [0, 0.1) is 0 Å². The van der Waals surface area contributed by atoms with Gasteiger partial charge < -0.3 is 19.1 Å². The summed E-state index contributed by atoms with van der Waals surface area (Å²) >= 11 is 0. The molecule has 174 valence electrons. The van der Waals surface area contributed by atoms with Crippen molar-refractivity contribution in [3.63, 3.8) is 0 Å². The van der Waals surface area contributed by atoms with E-state index in [9.17, 15) is 9.59 Å². The fraction of sp³-hybridized carbons (Fsp3) is 0.538. The van der Waals surface area contributed by atoms with E-state index in [2.05, 4.69) is 13.8 Å². The highest BCUT2D eigenvalue weighted by Crippen LogP contribution is 2.29. The highest BCUT2D eigenvalue weighted by molar-refractivity contribution is 5.96. The first kappa shape index (κ1) is 23.9. The Hall–Kier alpha value is -2.76. The summed E-state index contributed by atoms with van der Waals surface area (Å²) in [4.78, 5) is 30.2. The number of aryl methyl sites for hydroxylation is 1. The fourth-order valence-electron chi connectivity index (χ4n) is 3.71. The number of hydrogen-bond donors (Lipinski definition) is 0. The van der Waals surface area contributed by atoms with Gasteiger partial charge in [-0.25, -0.2) is 0 Å². The Kier molecular flexibility index (Phi) is 8.77. The summed E-state index contributed by atoms with van der Waals surface area (Å²) in [6.07, 6.45) is 8.01. The van der Waals surface area contributed by atoms with Crippen LogP contribution in [0.15, 0.2) is 42.6 Å². The molecular formula is C26H37N3O3. The normalized spacial score (nSPS) is 13.1. The van der Waals surface area contributed by atoms with Gasteiger partial charge >= 0.3 is 0 Å². The van der Waals surface area contributed by atoms with E-state index < -0.39 is 0 Å². The number of unbranched alkanes of at least 4 members (excludes halogenated alkanes) is 2. The fourth-order valence-corrected chi connectivity index (χ4v) is 3.71. The quantitative estimate of drug-likeness (QED) is 0.427. The van der Waals surface area contributed by atoms with E-state index in [0.29, 0.717) is 31.3 Å². The number of carbonyl (C=O) groups excluding carboxylic acids is 2. The molecule has 1 heterocycles. The van der Waals surface area contributed by atoms with Gasteiger partial charge in [-0.3, -0.25) is 9.59 Å². The van der Waals surface area contributed by atoms with Crippen LogP contribution in [0.25, 0.3) is 0 Å². The molecule has 32 heavy (non-hydrogen) atoms. The van der Waals surface area contributed by atoms with Crippen molar-refractivity contribution in [2.75, 3.05) is 19.7 Å². The maximum atomic E-state index is 13.3. The van der Waals surface area contributed by atoms with E-state index in [1.165, 1.54) is 0 Å². The second kappa shape index (κ2) is 11.7. The lowest BCUT2D eigenvalue weighted by molar-refractivity contribution is -0.133. The van der Waals surface area contributed by atoms with E-state index in [1.54, 1.807) is 17.0 Å². The molecule has 0 bridgehead atoms. The summed E-state index contributed by atoms with van der Waals surface area (Å²) in [5, 5.41) is 0. The molecule has 0 radical (unpaired) electrons. The lowest BCUT2D eigenvalue weighted by Crippen LogP contribution is -2.44. The van der Waals surface area contributed by atoms with Crippen molar-refractivity contribution in [3.8, 4) is 5.75 Å². The van der Waals surface area contributed by atoms with Gasteiger partial charge in [-0.2, -0.15) is 0 Å². The Morgan fingerprint density at radius 1 is 1.06 bits per heavy atom. The number of aromatic nitrogens is 1. The molecule has 1 aliphatic carbocycles. The molecule has 0 atom stereocenters. The summed E-state index contributed by atoms with van der Waals surface area (Å²) in [5.74, 6) is 0.702. The lowest BCUT2D eigenvalue weighted by Gasteiger charge is -2.28. The third-order valence-electron chi connectivity index (χ3n) is 5.95. The highest BCUT2D eigenvalue weighted by atomic mass is 16.5. The molecule has 6 heteroatoms. The molecule has 0 saturated heterocycles. The zero-order chi connectivity index (χ0) is 22.9. The van der Waals surface area contributed by atoms with Crippen LogP contribution in [0.5, 0.6) is 5.75 Å². The van der Waals surface area contributed by atoms with Crippen LogP contribution in [0.3, 0.4) is 0 Å². The Bertz CT molecular complexity index is 871. The number of carbonyl (C=O) groups is 2. The number of hydrogen-bond acceptors (Lipinski definition) is 3. The van der Waals surface area contributed by atoms with Gasteiger partial charge in [0.05, 0.1) is 13.2 Å². The Morgan fingerprint density at radius 3 is 2.38 bits per heavy atom. The largest absolute Gasteiger partial charge is 0.494 e. The van der Waals surface area contributed by atoms with E-state index in [-0.39, 0.29) is 18.4 Å². The van der Waals surface area contributed by atoms with E-state index in [1.807, 2.05) is 47.0 Å². The molecule has 6 nitrogen and oxygen atoms in total. The molecule has 0 aliphatic heterocycles. The summed E-state index contributed by atoms with van der Waals surface area (Å²) < 4.78 is 7.76. The minimum atomic E-state index is -0.0958.